The van der Waals surface area contributed by atoms with E-state index in [4.69, 9.17) is 0 Å². The summed E-state index contributed by atoms with van der Waals surface area (Å²) in [7, 11) is 0. The van der Waals surface area contributed by atoms with E-state index in [0.29, 0.717) is 23.7 Å². The highest BCUT2D eigenvalue weighted by Gasteiger charge is 2.13. The van der Waals surface area contributed by atoms with Crippen LogP contribution in [0.2, 0.25) is 0 Å². The molecule has 0 aromatic heterocycles. The minimum Gasteiger partial charge on any atom is -0.352 e. The highest BCUT2D eigenvalue weighted by atomic mass is 19.1. The summed E-state index contributed by atoms with van der Waals surface area (Å²) in [6.45, 7) is 3.39. The molecule has 0 bridgehead atoms. The molecular weight excluding hydrogens is 243 g/mol. The lowest BCUT2D eigenvalue weighted by molar-refractivity contribution is 0.0951. The third-order valence-corrected chi connectivity index (χ3v) is 3.62. The first-order chi connectivity index (χ1) is 9.16. The van der Waals surface area contributed by atoms with Crippen molar-refractivity contribution < 1.29 is 9.18 Å². The van der Waals surface area contributed by atoms with Crippen LogP contribution in [0.25, 0.3) is 0 Å². The second kappa shape index (κ2) is 6.66. The van der Waals surface area contributed by atoms with Crippen molar-refractivity contribution in [2.24, 2.45) is 0 Å². The van der Waals surface area contributed by atoms with Crippen LogP contribution >= 0.6 is 0 Å². The molecule has 1 unspecified atom stereocenters. The number of amides is 1. The van der Waals surface area contributed by atoms with Crippen LogP contribution in [-0.4, -0.2) is 25.0 Å². The highest BCUT2D eigenvalue weighted by molar-refractivity contribution is 5.94. The molecule has 1 aliphatic rings. The molecule has 1 heterocycles. The Hall–Kier alpha value is -1.42. The summed E-state index contributed by atoms with van der Waals surface area (Å²) in [6.07, 6.45) is 4.61. The molecule has 104 valence electrons. The quantitative estimate of drug-likeness (QED) is 0.876. The summed E-state index contributed by atoms with van der Waals surface area (Å²) in [5.41, 5.74) is 0.947. The van der Waals surface area contributed by atoms with Gasteiger partial charge in [-0.1, -0.05) is 12.5 Å². The van der Waals surface area contributed by atoms with E-state index >= 15 is 0 Å². The Morgan fingerprint density at radius 3 is 3.00 bits per heavy atom. The summed E-state index contributed by atoms with van der Waals surface area (Å²) in [6, 6.07) is 5.09. The predicted molar refractivity (Wildman–Crippen MR) is 73.7 cm³/mol. The molecule has 1 aromatic carbocycles. The van der Waals surface area contributed by atoms with Crippen LogP contribution in [0.4, 0.5) is 4.39 Å². The minimum absolute atomic E-state index is 0.199. The zero-order valence-corrected chi connectivity index (χ0v) is 11.3. The molecule has 0 spiro atoms. The van der Waals surface area contributed by atoms with Crippen LogP contribution in [0.3, 0.4) is 0 Å². The van der Waals surface area contributed by atoms with Gasteiger partial charge in [0.05, 0.1) is 0 Å². The van der Waals surface area contributed by atoms with Gasteiger partial charge in [0.2, 0.25) is 0 Å². The van der Waals surface area contributed by atoms with Crippen LogP contribution in [-0.2, 0) is 0 Å². The van der Waals surface area contributed by atoms with E-state index in [0.717, 1.165) is 13.0 Å². The van der Waals surface area contributed by atoms with Gasteiger partial charge >= 0.3 is 0 Å². The largest absolute Gasteiger partial charge is 0.352 e. The van der Waals surface area contributed by atoms with Gasteiger partial charge in [0.15, 0.2) is 0 Å². The van der Waals surface area contributed by atoms with Crippen molar-refractivity contribution in [3.8, 4) is 0 Å². The molecule has 4 heteroatoms. The van der Waals surface area contributed by atoms with Crippen molar-refractivity contribution in [3.63, 3.8) is 0 Å². The average Bonchev–Trinajstić information content (AvgIpc) is 2.43. The number of hydrogen-bond acceptors (Lipinski definition) is 2. The molecule has 1 amide bonds. The number of benzene rings is 1. The Morgan fingerprint density at radius 1 is 1.47 bits per heavy atom. The molecule has 19 heavy (non-hydrogen) atoms. The molecule has 1 aliphatic heterocycles. The molecule has 0 saturated carbocycles. The van der Waals surface area contributed by atoms with Crippen molar-refractivity contribution in [1.82, 2.24) is 10.6 Å². The predicted octanol–water partition coefficient (Wildman–Crippen LogP) is 2.40. The maximum absolute atomic E-state index is 13.4. The number of nitrogens with one attached hydrogen (secondary N) is 2. The van der Waals surface area contributed by atoms with Gasteiger partial charge in [-0.05, 0) is 50.4 Å². The lowest BCUT2D eigenvalue weighted by Gasteiger charge is -2.23. The maximum atomic E-state index is 13.4. The van der Waals surface area contributed by atoms with Crippen LogP contribution in [0.15, 0.2) is 18.2 Å². The van der Waals surface area contributed by atoms with E-state index in [9.17, 15) is 9.18 Å². The molecule has 1 aromatic rings. The number of hydrogen-bond donors (Lipinski definition) is 2. The number of carbonyl (C=O) groups excluding carboxylic acids is 1. The Kier molecular flexibility index (Phi) is 4.91. The van der Waals surface area contributed by atoms with E-state index in [2.05, 4.69) is 10.6 Å². The Bertz CT molecular complexity index is 442. The third kappa shape index (κ3) is 4.03. The van der Waals surface area contributed by atoms with Crippen molar-refractivity contribution >= 4 is 5.91 Å². The SMILES string of the molecule is Cc1ccc(C(=O)NCCC2CCCCN2)cc1F. The van der Waals surface area contributed by atoms with Gasteiger partial charge in [-0.2, -0.15) is 0 Å². The summed E-state index contributed by atoms with van der Waals surface area (Å²) in [5, 5.41) is 6.29. The smallest absolute Gasteiger partial charge is 0.251 e. The van der Waals surface area contributed by atoms with Gasteiger partial charge in [-0.3, -0.25) is 4.79 Å². The van der Waals surface area contributed by atoms with E-state index in [-0.39, 0.29) is 11.7 Å². The fourth-order valence-corrected chi connectivity index (χ4v) is 2.37. The Labute approximate surface area is 113 Å². The van der Waals surface area contributed by atoms with Crippen molar-refractivity contribution in [2.45, 2.75) is 38.6 Å². The van der Waals surface area contributed by atoms with Crippen LogP contribution in [0, 0.1) is 12.7 Å². The van der Waals surface area contributed by atoms with Crippen LogP contribution < -0.4 is 10.6 Å². The summed E-state index contributed by atoms with van der Waals surface area (Å²) in [4.78, 5) is 11.9. The number of carbonyl (C=O) groups is 1. The molecular formula is C15H21FN2O. The van der Waals surface area contributed by atoms with E-state index in [1.807, 2.05) is 0 Å². The third-order valence-electron chi connectivity index (χ3n) is 3.62. The summed E-state index contributed by atoms with van der Waals surface area (Å²) >= 11 is 0. The first-order valence-corrected chi connectivity index (χ1v) is 6.94. The summed E-state index contributed by atoms with van der Waals surface area (Å²) in [5.74, 6) is -0.531. The lowest BCUT2D eigenvalue weighted by atomic mass is 10.0. The van der Waals surface area contributed by atoms with E-state index in [1.165, 1.54) is 25.3 Å². The second-order valence-corrected chi connectivity index (χ2v) is 5.16. The zero-order chi connectivity index (χ0) is 13.7. The Balaban J connectivity index is 1.78. The molecule has 1 saturated heterocycles. The summed E-state index contributed by atoms with van der Waals surface area (Å²) < 4.78 is 13.4. The number of rotatable bonds is 4. The monoisotopic (exact) mass is 264 g/mol. The van der Waals surface area contributed by atoms with Crippen molar-refractivity contribution in [1.29, 1.82) is 0 Å². The molecule has 1 fully saturated rings. The molecule has 2 rings (SSSR count). The molecule has 0 radical (unpaired) electrons. The first-order valence-electron chi connectivity index (χ1n) is 6.94. The van der Waals surface area contributed by atoms with E-state index < -0.39 is 0 Å². The van der Waals surface area contributed by atoms with Crippen molar-refractivity contribution in [3.05, 3.63) is 35.1 Å². The van der Waals surface area contributed by atoms with Gasteiger partial charge < -0.3 is 10.6 Å². The lowest BCUT2D eigenvalue weighted by Crippen LogP contribution is -2.37. The topological polar surface area (TPSA) is 41.1 Å². The first kappa shape index (κ1) is 14.0. The zero-order valence-electron chi connectivity index (χ0n) is 11.3. The van der Waals surface area contributed by atoms with Gasteiger partial charge in [-0.25, -0.2) is 4.39 Å². The standard InChI is InChI=1S/C15H21FN2O/c1-11-5-6-12(10-14(11)16)15(19)18-9-7-13-4-2-3-8-17-13/h5-6,10,13,17H,2-4,7-9H2,1H3,(H,18,19). The fraction of sp³-hybridized carbons (Fsp3) is 0.533. The molecule has 1 atom stereocenters. The second-order valence-electron chi connectivity index (χ2n) is 5.16. The number of piperidine rings is 1. The number of halogens is 1. The van der Waals surface area contributed by atoms with Crippen LogP contribution in [0.1, 0.15) is 41.6 Å². The highest BCUT2D eigenvalue weighted by Crippen LogP contribution is 2.10. The fourth-order valence-electron chi connectivity index (χ4n) is 2.37. The number of aryl methyl sites for hydroxylation is 1. The van der Waals surface area contributed by atoms with Crippen molar-refractivity contribution in [2.75, 3.05) is 13.1 Å². The van der Waals surface area contributed by atoms with E-state index in [1.54, 1.807) is 19.1 Å². The molecule has 3 nitrogen and oxygen atoms in total. The average molecular weight is 264 g/mol. The Morgan fingerprint density at radius 2 is 2.32 bits per heavy atom. The maximum Gasteiger partial charge on any atom is 0.251 e. The normalized spacial score (nSPS) is 19.2. The van der Waals surface area contributed by atoms with Gasteiger partial charge in [0.1, 0.15) is 5.82 Å². The van der Waals surface area contributed by atoms with Gasteiger partial charge in [-0.15, -0.1) is 0 Å². The molecule has 2 N–H and O–H groups in total. The van der Waals surface area contributed by atoms with Gasteiger partial charge in [0, 0.05) is 18.2 Å². The molecule has 0 aliphatic carbocycles. The minimum atomic E-state index is -0.332. The van der Waals surface area contributed by atoms with Crippen LogP contribution in [0.5, 0.6) is 0 Å². The van der Waals surface area contributed by atoms with Gasteiger partial charge in [0.25, 0.3) is 5.91 Å².